The molecule has 1 aromatic heterocycles. The molecule has 2 rings (SSSR count). The van der Waals surface area contributed by atoms with Crippen LogP contribution in [0.4, 0.5) is 5.82 Å². The van der Waals surface area contributed by atoms with Crippen molar-refractivity contribution in [1.82, 2.24) is 15.6 Å². The number of nitrogens with zero attached hydrogens (tertiary/aromatic N) is 2. The third kappa shape index (κ3) is 11.9. The number of pyridine rings is 1. The van der Waals surface area contributed by atoms with E-state index in [9.17, 15) is 9.59 Å². The van der Waals surface area contributed by atoms with Crippen LogP contribution in [-0.4, -0.2) is 76.2 Å². The fourth-order valence-corrected chi connectivity index (χ4v) is 2.90. The fourth-order valence-electron chi connectivity index (χ4n) is 2.90. The summed E-state index contributed by atoms with van der Waals surface area (Å²) < 4.78 is 16.4. The van der Waals surface area contributed by atoms with Crippen LogP contribution in [0.15, 0.2) is 47.7 Å². The topological polar surface area (TPSA) is 123 Å². The van der Waals surface area contributed by atoms with Crippen LogP contribution in [0.1, 0.15) is 52.5 Å². The van der Waals surface area contributed by atoms with Gasteiger partial charge in [-0.1, -0.05) is 25.5 Å². The predicted octanol–water partition coefficient (Wildman–Crippen LogP) is 2.86. The number of ether oxygens (including phenoxy) is 3. The first-order valence-electron chi connectivity index (χ1n) is 12.2. The van der Waals surface area contributed by atoms with Gasteiger partial charge in [0.1, 0.15) is 5.82 Å². The molecule has 1 aromatic carbocycles. The van der Waals surface area contributed by atoms with Crippen molar-refractivity contribution in [1.29, 1.82) is 0 Å². The number of hydrogen-bond donors (Lipinski definition) is 3. The van der Waals surface area contributed by atoms with E-state index in [1.165, 1.54) is 6.20 Å². The fraction of sp³-hybridized carbons (Fsp3) is 0.462. The molecule has 196 valence electrons. The van der Waals surface area contributed by atoms with Crippen LogP contribution < -0.4 is 16.1 Å². The maximum absolute atomic E-state index is 12.3. The predicted molar refractivity (Wildman–Crippen MR) is 140 cm³/mol. The monoisotopic (exact) mass is 499 g/mol. The van der Waals surface area contributed by atoms with E-state index >= 15 is 0 Å². The highest BCUT2D eigenvalue weighted by Gasteiger charge is 2.05. The summed E-state index contributed by atoms with van der Waals surface area (Å²) in [5.41, 5.74) is 4.69. The normalized spacial score (nSPS) is 10.9. The maximum Gasteiger partial charge on any atom is 0.252 e. The summed E-state index contributed by atoms with van der Waals surface area (Å²) in [6.07, 6.45) is 6.02. The molecule has 0 radical (unpaired) electrons. The highest BCUT2D eigenvalue weighted by Crippen LogP contribution is 2.06. The lowest BCUT2D eigenvalue weighted by atomic mass is 10.1. The second-order valence-corrected chi connectivity index (χ2v) is 7.80. The number of hydrogen-bond acceptors (Lipinski definition) is 8. The SMILES string of the molecule is CCCCOCCOCCOCCCNC(=O)c1ccc(N/N=C/c2ccc(C(=O)NC)cc2)nc1. The van der Waals surface area contributed by atoms with E-state index in [0.717, 1.165) is 25.0 Å². The van der Waals surface area contributed by atoms with E-state index in [4.69, 9.17) is 14.2 Å². The van der Waals surface area contributed by atoms with Crippen molar-refractivity contribution in [2.24, 2.45) is 5.10 Å². The zero-order chi connectivity index (χ0) is 25.8. The summed E-state index contributed by atoms with van der Waals surface area (Å²) in [5, 5.41) is 9.56. The van der Waals surface area contributed by atoms with Crippen molar-refractivity contribution in [3.8, 4) is 0 Å². The molecule has 2 aromatic rings. The van der Waals surface area contributed by atoms with Crippen LogP contribution in [0, 0.1) is 0 Å². The molecule has 0 saturated carbocycles. The second kappa shape index (κ2) is 18.0. The van der Waals surface area contributed by atoms with Gasteiger partial charge in [0.05, 0.1) is 38.2 Å². The van der Waals surface area contributed by atoms with Gasteiger partial charge in [0.25, 0.3) is 11.8 Å². The molecular formula is C26H37N5O5. The van der Waals surface area contributed by atoms with E-state index in [1.807, 2.05) is 0 Å². The number of hydrazone groups is 1. The highest BCUT2D eigenvalue weighted by atomic mass is 16.5. The van der Waals surface area contributed by atoms with Gasteiger partial charge < -0.3 is 24.8 Å². The molecule has 0 spiro atoms. The Labute approximate surface area is 212 Å². The number of anilines is 1. The largest absolute Gasteiger partial charge is 0.379 e. The number of benzene rings is 1. The van der Waals surface area contributed by atoms with Crippen LogP contribution in [0.25, 0.3) is 0 Å². The zero-order valence-electron chi connectivity index (χ0n) is 21.1. The van der Waals surface area contributed by atoms with Crippen LogP contribution in [0.5, 0.6) is 0 Å². The first-order valence-corrected chi connectivity index (χ1v) is 12.2. The molecule has 0 aliphatic rings. The molecule has 10 heteroatoms. The van der Waals surface area contributed by atoms with Gasteiger partial charge in [-0.05, 0) is 42.7 Å². The second-order valence-electron chi connectivity index (χ2n) is 7.80. The Bertz CT molecular complexity index is 919. The first kappa shape index (κ1) is 28.9. The summed E-state index contributed by atoms with van der Waals surface area (Å²) >= 11 is 0. The standard InChI is InChI=1S/C26H37N5O5/c1-3-4-13-34-15-17-36-18-16-35-14-5-12-28-26(33)23-10-11-24(29-20-23)31-30-19-21-6-8-22(9-7-21)25(32)27-2/h6-11,19-20H,3-5,12-18H2,1-2H3,(H,27,32)(H,28,33)(H,29,31)/b30-19+. The number of rotatable bonds is 18. The molecule has 0 fully saturated rings. The molecular weight excluding hydrogens is 462 g/mol. The van der Waals surface area contributed by atoms with Gasteiger partial charge in [-0.2, -0.15) is 5.10 Å². The number of nitrogens with one attached hydrogen (secondary N) is 3. The molecule has 0 bridgehead atoms. The summed E-state index contributed by atoms with van der Waals surface area (Å²) in [5.74, 6) is 0.173. The quantitative estimate of drug-likeness (QED) is 0.164. The Morgan fingerprint density at radius 1 is 0.861 bits per heavy atom. The lowest BCUT2D eigenvalue weighted by Crippen LogP contribution is -2.25. The summed E-state index contributed by atoms with van der Waals surface area (Å²) in [7, 11) is 1.59. The number of aromatic nitrogens is 1. The number of carbonyl (C=O) groups excluding carboxylic acids is 2. The summed E-state index contributed by atoms with van der Waals surface area (Å²) in [6.45, 7) is 6.21. The van der Waals surface area contributed by atoms with Crippen molar-refractivity contribution >= 4 is 23.8 Å². The lowest BCUT2D eigenvalue weighted by Gasteiger charge is -2.08. The Balaban J connectivity index is 1.55. The molecule has 1 heterocycles. The van der Waals surface area contributed by atoms with E-state index in [1.54, 1.807) is 49.7 Å². The Hall–Kier alpha value is -3.34. The molecule has 0 atom stereocenters. The summed E-state index contributed by atoms with van der Waals surface area (Å²) in [6, 6.07) is 10.4. The first-order chi connectivity index (χ1) is 17.6. The minimum Gasteiger partial charge on any atom is -0.379 e. The maximum atomic E-state index is 12.3. The van der Waals surface area contributed by atoms with E-state index < -0.39 is 0 Å². The number of carbonyl (C=O) groups is 2. The Kier molecular flexibility index (Phi) is 14.4. The van der Waals surface area contributed by atoms with Crippen LogP contribution in [0.3, 0.4) is 0 Å². The Morgan fingerprint density at radius 3 is 2.11 bits per heavy atom. The molecule has 2 amide bonds. The van der Waals surface area contributed by atoms with Crippen LogP contribution in [-0.2, 0) is 14.2 Å². The van der Waals surface area contributed by atoms with Crippen molar-refractivity contribution in [3.05, 3.63) is 59.3 Å². The molecule has 0 aliphatic carbocycles. The van der Waals surface area contributed by atoms with Gasteiger partial charge in [-0.15, -0.1) is 0 Å². The highest BCUT2D eigenvalue weighted by molar-refractivity contribution is 5.95. The van der Waals surface area contributed by atoms with E-state index in [-0.39, 0.29) is 11.8 Å². The van der Waals surface area contributed by atoms with Crippen molar-refractivity contribution in [3.63, 3.8) is 0 Å². The molecule has 10 nitrogen and oxygen atoms in total. The average Bonchev–Trinajstić information content (AvgIpc) is 2.91. The zero-order valence-corrected chi connectivity index (χ0v) is 21.1. The van der Waals surface area contributed by atoms with Gasteiger partial charge in [-0.3, -0.25) is 15.0 Å². The summed E-state index contributed by atoms with van der Waals surface area (Å²) in [4.78, 5) is 28.0. The van der Waals surface area contributed by atoms with Gasteiger partial charge in [0.2, 0.25) is 0 Å². The third-order valence-corrected chi connectivity index (χ3v) is 4.96. The smallest absolute Gasteiger partial charge is 0.252 e. The molecule has 0 aliphatic heterocycles. The minimum absolute atomic E-state index is 0.140. The number of unbranched alkanes of at least 4 members (excludes halogenated alkanes) is 1. The van der Waals surface area contributed by atoms with Crippen molar-refractivity contribution in [2.75, 3.05) is 58.7 Å². The van der Waals surface area contributed by atoms with Gasteiger partial charge in [0, 0.05) is 38.6 Å². The van der Waals surface area contributed by atoms with Gasteiger partial charge in [-0.25, -0.2) is 4.98 Å². The van der Waals surface area contributed by atoms with E-state index in [0.29, 0.717) is 62.9 Å². The van der Waals surface area contributed by atoms with Crippen LogP contribution in [0.2, 0.25) is 0 Å². The third-order valence-electron chi connectivity index (χ3n) is 4.96. The Morgan fingerprint density at radius 2 is 1.50 bits per heavy atom. The van der Waals surface area contributed by atoms with Gasteiger partial charge in [0.15, 0.2) is 0 Å². The van der Waals surface area contributed by atoms with Gasteiger partial charge >= 0.3 is 0 Å². The number of amides is 2. The molecule has 0 unspecified atom stereocenters. The van der Waals surface area contributed by atoms with Crippen LogP contribution >= 0.6 is 0 Å². The van der Waals surface area contributed by atoms with Crippen molar-refractivity contribution < 1.29 is 23.8 Å². The molecule has 36 heavy (non-hydrogen) atoms. The lowest BCUT2D eigenvalue weighted by molar-refractivity contribution is 0.0137. The van der Waals surface area contributed by atoms with Crippen molar-refractivity contribution in [2.45, 2.75) is 26.2 Å². The van der Waals surface area contributed by atoms with E-state index in [2.05, 4.69) is 33.1 Å². The average molecular weight is 500 g/mol. The molecule has 3 N–H and O–H groups in total. The minimum atomic E-state index is -0.194. The molecule has 0 saturated heterocycles.